The highest BCUT2D eigenvalue weighted by molar-refractivity contribution is 7.86. The van der Waals surface area contributed by atoms with Crippen molar-refractivity contribution in [2.45, 2.75) is 18.9 Å². The van der Waals surface area contributed by atoms with E-state index in [1.54, 1.807) is 4.90 Å². The lowest BCUT2D eigenvalue weighted by molar-refractivity contribution is -0.175. The molecule has 0 unspecified atom stereocenters. The Balaban J connectivity index is 1.83. The van der Waals surface area contributed by atoms with Gasteiger partial charge in [0, 0.05) is 34.2 Å². The minimum absolute atomic E-state index is 0.0420. The maximum absolute atomic E-state index is 12.6. The van der Waals surface area contributed by atoms with Gasteiger partial charge in [0.25, 0.3) is 10.2 Å². The van der Waals surface area contributed by atoms with Gasteiger partial charge in [0.1, 0.15) is 0 Å². The number of amides is 1. The van der Waals surface area contributed by atoms with Crippen LogP contribution in [0.2, 0.25) is 0 Å². The molecule has 0 N–H and O–H groups in total. The van der Waals surface area contributed by atoms with Crippen molar-refractivity contribution in [1.29, 1.82) is 0 Å². The number of β-lactam (4-membered cyclic amide) rings is 1. The minimum Gasteiger partial charge on any atom is -0.337 e. The number of likely N-dealkylation sites (tertiary alicyclic amines) is 1. The fourth-order valence-electron chi connectivity index (χ4n) is 3.90. The van der Waals surface area contributed by atoms with Gasteiger partial charge in [0.2, 0.25) is 5.91 Å². The van der Waals surface area contributed by atoms with Gasteiger partial charge in [-0.3, -0.25) is 4.79 Å². The molecule has 2 saturated heterocycles. The second-order valence-electron chi connectivity index (χ2n) is 6.57. The van der Waals surface area contributed by atoms with Crippen LogP contribution >= 0.6 is 0 Å². The van der Waals surface area contributed by atoms with Gasteiger partial charge in [0.05, 0.1) is 11.5 Å². The smallest absolute Gasteiger partial charge is 0.281 e. The molecule has 0 aliphatic carbocycles. The van der Waals surface area contributed by atoms with Crippen LogP contribution in [0.5, 0.6) is 0 Å². The van der Waals surface area contributed by atoms with Crippen molar-refractivity contribution >= 4 is 16.1 Å². The highest BCUT2D eigenvalue weighted by atomic mass is 32.2. The van der Waals surface area contributed by atoms with Crippen LogP contribution in [-0.4, -0.2) is 62.1 Å². The van der Waals surface area contributed by atoms with E-state index in [-0.39, 0.29) is 11.9 Å². The molecular formula is C16H23N3O3S. The van der Waals surface area contributed by atoms with E-state index in [9.17, 15) is 13.2 Å². The van der Waals surface area contributed by atoms with Crippen molar-refractivity contribution in [2.75, 3.05) is 34.2 Å². The lowest BCUT2D eigenvalue weighted by atomic mass is 9.63. The summed E-state index contributed by atoms with van der Waals surface area (Å²) in [6.45, 7) is 0.785. The van der Waals surface area contributed by atoms with Crippen LogP contribution in [0.4, 0.5) is 0 Å². The maximum atomic E-state index is 12.6. The van der Waals surface area contributed by atoms with Gasteiger partial charge in [-0.15, -0.1) is 0 Å². The Morgan fingerprint density at radius 2 is 1.70 bits per heavy atom. The molecule has 1 spiro atoms. The maximum Gasteiger partial charge on any atom is 0.281 e. The predicted octanol–water partition coefficient (Wildman–Crippen LogP) is 1.09. The fraction of sp³-hybridized carbons (Fsp3) is 0.562. The minimum atomic E-state index is -3.41. The van der Waals surface area contributed by atoms with E-state index in [2.05, 4.69) is 0 Å². The molecule has 23 heavy (non-hydrogen) atoms. The highest BCUT2D eigenvalue weighted by Gasteiger charge is 2.60. The van der Waals surface area contributed by atoms with Crippen LogP contribution in [0.15, 0.2) is 30.3 Å². The zero-order valence-corrected chi connectivity index (χ0v) is 14.6. The number of rotatable bonds is 3. The molecule has 2 aliphatic heterocycles. The Morgan fingerprint density at radius 3 is 2.22 bits per heavy atom. The third-order valence-electron chi connectivity index (χ3n) is 5.17. The first-order valence-electron chi connectivity index (χ1n) is 7.80. The molecule has 3 rings (SSSR count). The van der Waals surface area contributed by atoms with Crippen LogP contribution in [-0.2, 0) is 15.0 Å². The molecule has 1 atom stereocenters. The largest absolute Gasteiger partial charge is 0.337 e. The quantitative estimate of drug-likeness (QED) is 0.776. The van der Waals surface area contributed by atoms with E-state index in [1.165, 1.54) is 22.7 Å². The molecule has 2 heterocycles. The van der Waals surface area contributed by atoms with Crippen molar-refractivity contribution in [2.24, 2.45) is 5.41 Å². The number of benzene rings is 1. The number of carbonyl (C=O) groups excluding carboxylic acids is 1. The van der Waals surface area contributed by atoms with Crippen LogP contribution in [0, 0.1) is 5.41 Å². The van der Waals surface area contributed by atoms with Gasteiger partial charge in [0.15, 0.2) is 0 Å². The molecule has 0 radical (unpaired) electrons. The number of nitrogens with zero attached hydrogens (tertiary/aromatic N) is 3. The van der Waals surface area contributed by atoms with Gasteiger partial charge in [-0.05, 0) is 18.4 Å². The van der Waals surface area contributed by atoms with Crippen LogP contribution < -0.4 is 0 Å². The molecule has 2 aliphatic rings. The Labute approximate surface area is 137 Å². The average Bonchev–Trinajstić information content (AvgIpc) is 2.56. The van der Waals surface area contributed by atoms with Crippen molar-refractivity contribution in [3.8, 4) is 0 Å². The van der Waals surface area contributed by atoms with Gasteiger partial charge in [-0.2, -0.15) is 17.0 Å². The van der Waals surface area contributed by atoms with E-state index in [0.29, 0.717) is 25.9 Å². The summed E-state index contributed by atoms with van der Waals surface area (Å²) in [5, 5.41) is 0. The molecule has 0 saturated carbocycles. The van der Waals surface area contributed by atoms with Crippen molar-refractivity contribution in [3.05, 3.63) is 35.9 Å². The van der Waals surface area contributed by atoms with Crippen LogP contribution in [0.25, 0.3) is 0 Å². The normalized spacial score (nSPS) is 25.0. The van der Waals surface area contributed by atoms with Crippen molar-refractivity contribution < 1.29 is 13.2 Å². The molecule has 7 heteroatoms. The lowest BCUT2D eigenvalue weighted by Gasteiger charge is -2.57. The van der Waals surface area contributed by atoms with Gasteiger partial charge in [-0.25, -0.2) is 0 Å². The summed E-state index contributed by atoms with van der Waals surface area (Å²) in [5.74, 6) is 0.133. The summed E-state index contributed by atoms with van der Waals surface area (Å²) >= 11 is 0. The van der Waals surface area contributed by atoms with Gasteiger partial charge >= 0.3 is 0 Å². The number of piperidine rings is 1. The summed E-state index contributed by atoms with van der Waals surface area (Å²) in [6.07, 6.45) is 1.14. The summed E-state index contributed by atoms with van der Waals surface area (Å²) in [5.41, 5.74) is 0.674. The lowest BCUT2D eigenvalue weighted by Crippen LogP contribution is -2.65. The summed E-state index contributed by atoms with van der Waals surface area (Å²) in [7, 11) is 1.49. The molecule has 6 nitrogen and oxygen atoms in total. The number of carbonyl (C=O) groups is 1. The van der Waals surface area contributed by atoms with E-state index < -0.39 is 15.6 Å². The molecule has 0 bridgehead atoms. The number of hydrogen-bond acceptors (Lipinski definition) is 3. The zero-order chi connectivity index (χ0) is 16.8. The fourth-order valence-corrected chi connectivity index (χ4v) is 5.01. The van der Waals surface area contributed by atoms with Crippen LogP contribution in [0.1, 0.15) is 24.4 Å². The third-order valence-corrected chi connectivity index (χ3v) is 7.12. The monoisotopic (exact) mass is 337 g/mol. The SMILES string of the molecule is CN1C(=O)C2(CCN(S(=O)(=O)N(C)C)CC2)[C@H]1c1ccccc1. The number of hydrogen-bond donors (Lipinski definition) is 0. The van der Waals surface area contributed by atoms with E-state index >= 15 is 0 Å². The first-order valence-corrected chi connectivity index (χ1v) is 9.20. The second kappa shape index (κ2) is 5.58. The predicted molar refractivity (Wildman–Crippen MR) is 87.8 cm³/mol. The molecule has 1 aromatic rings. The highest BCUT2D eigenvalue weighted by Crippen LogP contribution is 2.55. The average molecular weight is 337 g/mol. The van der Waals surface area contributed by atoms with Gasteiger partial charge in [-0.1, -0.05) is 30.3 Å². The molecule has 1 amide bonds. The van der Waals surface area contributed by atoms with Crippen molar-refractivity contribution in [3.63, 3.8) is 0 Å². The molecule has 1 aromatic carbocycles. The third kappa shape index (κ3) is 2.38. The molecular weight excluding hydrogens is 314 g/mol. The Hall–Kier alpha value is -1.44. The summed E-state index contributed by atoms with van der Waals surface area (Å²) in [6, 6.07) is 10.0. The molecule has 0 aromatic heterocycles. The van der Waals surface area contributed by atoms with Crippen molar-refractivity contribution in [1.82, 2.24) is 13.5 Å². The first-order chi connectivity index (χ1) is 10.8. The Kier molecular flexibility index (Phi) is 3.98. The van der Waals surface area contributed by atoms with Crippen LogP contribution in [0.3, 0.4) is 0 Å². The summed E-state index contributed by atoms with van der Waals surface area (Å²) in [4.78, 5) is 14.3. The molecule has 2 fully saturated rings. The Morgan fingerprint density at radius 1 is 1.13 bits per heavy atom. The van der Waals surface area contributed by atoms with E-state index in [1.807, 2.05) is 37.4 Å². The standard InChI is InChI=1S/C16H23N3O3S/c1-17(2)23(21,22)19-11-9-16(10-12-19)14(18(3)15(16)20)13-7-5-4-6-8-13/h4-8,14H,9-12H2,1-3H3/t14-/m1/s1. The van der Waals surface area contributed by atoms with E-state index in [4.69, 9.17) is 0 Å². The first kappa shape index (κ1) is 16.4. The Bertz CT molecular complexity index is 695. The zero-order valence-electron chi connectivity index (χ0n) is 13.8. The molecule has 126 valence electrons. The topological polar surface area (TPSA) is 60.9 Å². The summed E-state index contributed by atoms with van der Waals surface area (Å²) < 4.78 is 27.2. The van der Waals surface area contributed by atoms with E-state index in [0.717, 1.165) is 5.56 Å². The second-order valence-corrected chi connectivity index (χ2v) is 8.72. The van der Waals surface area contributed by atoms with Gasteiger partial charge < -0.3 is 4.90 Å².